The van der Waals surface area contributed by atoms with E-state index in [-0.39, 0.29) is 5.56 Å². The van der Waals surface area contributed by atoms with Gasteiger partial charge in [-0.2, -0.15) is 9.78 Å². The maximum Gasteiger partial charge on any atom is 0.282 e. The highest BCUT2D eigenvalue weighted by Crippen LogP contribution is 2.27. The SMILES string of the molecule is Cc1ccccc1-n1nc(-c2ccco2)c2nc(Nc3ccc4c(c3)CN(C)CC4)ncc2c1=O. The molecule has 0 radical (unpaired) electrons. The highest BCUT2D eigenvalue weighted by molar-refractivity contribution is 5.89. The topological polar surface area (TPSA) is 89.1 Å². The van der Waals surface area contributed by atoms with Crippen LogP contribution in [0.4, 0.5) is 11.6 Å². The first-order chi connectivity index (χ1) is 17.1. The molecule has 2 aromatic carbocycles. The number of furan rings is 1. The predicted octanol–water partition coefficient (Wildman–Crippen LogP) is 4.48. The Morgan fingerprint density at radius 2 is 1.94 bits per heavy atom. The van der Waals surface area contributed by atoms with Gasteiger partial charge in [0.2, 0.25) is 5.95 Å². The smallest absolute Gasteiger partial charge is 0.282 e. The van der Waals surface area contributed by atoms with Gasteiger partial charge in [0.15, 0.2) is 11.5 Å². The van der Waals surface area contributed by atoms with Crippen molar-refractivity contribution in [2.24, 2.45) is 0 Å². The van der Waals surface area contributed by atoms with Gasteiger partial charge in [0, 0.05) is 25.0 Å². The molecule has 35 heavy (non-hydrogen) atoms. The summed E-state index contributed by atoms with van der Waals surface area (Å²) in [4.78, 5) is 24.9. The first-order valence-corrected chi connectivity index (χ1v) is 11.5. The summed E-state index contributed by atoms with van der Waals surface area (Å²) in [6.45, 7) is 3.92. The summed E-state index contributed by atoms with van der Waals surface area (Å²) in [5.74, 6) is 0.920. The summed E-state index contributed by atoms with van der Waals surface area (Å²) in [7, 11) is 2.13. The van der Waals surface area contributed by atoms with E-state index in [4.69, 9.17) is 9.40 Å². The van der Waals surface area contributed by atoms with Crippen molar-refractivity contribution in [1.82, 2.24) is 24.6 Å². The van der Waals surface area contributed by atoms with Crippen molar-refractivity contribution in [2.75, 3.05) is 18.9 Å². The maximum atomic E-state index is 13.4. The Labute approximate surface area is 201 Å². The monoisotopic (exact) mass is 464 g/mol. The summed E-state index contributed by atoms with van der Waals surface area (Å²) in [5.41, 5.74) is 5.83. The minimum absolute atomic E-state index is 0.284. The molecule has 0 unspecified atom stereocenters. The lowest BCUT2D eigenvalue weighted by Gasteiger charge is -2.25. The summed E-state index contributed by atoms with van der Waals surface area (Å²) in [5, 5.41) is 8.34. The van der Waals surface area contributed by atoms with Crippen molar-refractivity contribution < 1.29 is 4.42 Å². The Bertz CT molecular complexity index is 1610. The van der Waals surface area contributed by atoms with E-state index in [9.17, 15) is 4.79 Å². The zero-order valence-electron chi connectivity index (χ0n) is 19.5. The quantitative estimate of drug-likeness (QED) is 0.420. The van der Waals surface area contributed by atoms with Gasteiger partial charge in [0.25, 0.3) is 5.56 Å². The van der Waals surface area contributed by atoms with Crippen LogP contribution in [0.1, 0.15) is 16.7 Å². The van der Waals surface area contributed by atoms with Crippen LogP contribution >= 0.6 is 0 Å². The lowest BCUT2D eigenvalue weighted by molar-refractivity contribution is 0.313. The fourth-order valence-corrected chi connectivity index (χ4v) is 4.53. The van der Waals surface area contributed by atoms with E-state index >= 15 is 0 Å². The molecule has 0 saturated heterocycles. The Kier molecular flexibility index (Phi) is 5.15. The number of rotatable bonds is 4. The Morgan fingerprint density at radius 3 is 2.77 bits per heavy atom. The first kappa shape index (κ1) is 21.2. The van der Waals surface area contributed by atoms with E-state index in [0.717, 1.165) is 30.8 Å². The third-order valence-electron chi connectivity index (χ3n) is 6.40. The van der Waals surface area contributed by atoms with Gasteiger partial charge in [-0.25, -0.2) is 9.97 Å². The molecule has 0 saturated carbocycles. The van der Waals surface area contributed by atoms with Crippen LogP contribution in [0.3, 0.4) is 0 Å². The van der Waals surface area contributed by atoms with Crippen LogP contribution in [-0.2, 0) is 13.0 Å². The molecule has 0 aliphatic carbocycles. The van der Waals surface area contributed by atoms with Crippen molar-refractivity contribution in [1.29, 1.82) is 0 Å². The van der Waals surface area contributed by atoms with Crippen molar-refractivity contribution >= 4 is 22.5 Å². The minimum atomic E-state index is -0.284. The zero-order chi connectivity index (χ0) is 23.9. The van der Waals surface area contributed by atoms with E-state index in [1.165, 1.54) is 15.8 Å². The lowest BCUT2D eigenvalue weighted by atomic mass is 9.99. The zero-order valence-corrected chi connectivity index (χ0v) is 19.5. The third-order valence-corrected chi connectivity index (χ3v) is 6.40. The molecule has 0 bridgehead atoms. The van der Waals surface area contributed by atoms with E-state index < -0.39 is 0 Å². The van der Waals surface area contributed by atoms with Crippen LogP contribution in [0.25, 0.3) is 28.0 Å². The van der Waals surface area contributed by atoms with Gasteiger partial charge in [-0.05, 0) is 67.4 Å². The second kappa shape index (κ2) is 8.48. The van der Waals surface area contributed by atoms with E-state index in [0.29, 0.717) is 34.0 Å². The number of hydrogen-bond donors (Lipinski definition) is 1. The number of nitrogens with one attached hydrogen (secondary N) is 1. The second-order valence-corrected chi connectivity index (χ2v) is 8.88. The fraction of sp³-hybridized carbons (Fsp3) is 0.185. The Hall–Kier alpha value is -4.30. The number of aryl methyl sites for hydroxylation is 1. The fourth-order valence-electron chi connectivity index (χ4n) is 4.53. The Balaban J connectivity index is 1.47. The normalized spacial score (nSPS) is 13.7. The molecule has 1 N–H and O–H groups in total. The van der Waals surface area contributed by atoms with Crippen molar-refractivity contribution in [3.63, 3.8) is 0 Å². The molecule has 8 nitrogen and oxygen atoms in total. The van der Waals surface area contributed by atoms with Gasteiger partial charge in [0.05, 0.1) is 17.3 Å². The number of benzene rings is 2. The van der Waals surface area contributed by atoms with Crippen molar-refractivity contribution in [3.05, 3.63) is 94.1 Å². The average molecular weight is 465 g/mol. The summed E-state index contributed by atoms with van der Waals surface area (Å²) in [6, 6.07) is 17.6. The highest BCUT2D eigenvalue weighted by atomic mass is 16.3. The molecule has 3 aromatic heterocycles. The van der Waals surface area contributed by atoms with Crippen LogP contribution in [0, 0.1) is 6.92 Å². The predicted molar refractivity (Wildman–Crippen MR) is 135 cm³/mol. The molecule has 5 aromatic rings. The van der Waals surface area contributed by atoms with Crippen molar-refractivity contribution in [3.8, 4) is 17.1 Å². The van der Waals surface area contributed by atoms with E-state index in [2.05, 4.69) is 39.5 Å². The van der Waals surface area contributed by atoms with Crippen LogP contribution in [-0.4, -0.2) is 38.2 Å². The van der Waals surface area contributed by atoms with Crippen LogP contribution in [0.15, 0.2) is 76.3 Å². The van der Waals surface area contributed by atoms with Crippen LogP contribution < -0.4 is 10.9 Å². The number of hydrogen-bond acceptors (Lipinski definition) is 7. The number of para-hydroxylation sites is 1. The number of likely N-dealkylation sites (N-methyl/N-ethyl adjacent to an activating group) is 1. The summed E-state index contributed by atoms with van der Waals surface area (Å²) in [6.07, 6.45) is 4.18. The number of anilines is 2. The molecule has 1 aliphatic rings. The van der Waals surface area contributed by atoms with Gasteiger partial charge in [-0.1, -0.05) is 24.3 Å². The average Bonchev–Trinajstić information content (AvgIpc) is 3.39. The highest BCUT2D eigenvalue weighted by Gasteiger charge is 2.19. The number of aromatic nitrogens is 4. The van der Waals surface area contributed by atoms with Crippen molar-refractivity contribution in [2.45, 2.75) is 19.9 Å². The number of fused-ring (bicyclic) bond motifs is 2. The molecule has 6 rings (SSSR count). The Morgan fingerprint density at radius 1 is 1.06 bits per heavy atom. The molecule has 174 valence electrons. The second-order valence-electron chi connectivity index (χ2n) is 8.88. The first-order valence-electron chi connectivity index (χ1n) is 11.5. The molecule has 1 aliphatic heterocycles. The van der Waals surface area contributed by atoms with Gasteiger partial charge in [0.1, 0.15) is 5.52 Å². The molecule has 0 atom stereocenters. The molecule has 8 heteroatoms. The molecule has 0 amide bonds. The van der Waals surface area contributed by atoms with Gasteiger partial charge < -0.3 is 14.6 Å². The lowest BCUT2D eigenvalue weighted by Crippen LogP contribution is -2.26. The largest absolute Gasteiger partial charge is 0.463 e. The molecule has 0 spiro atoms. The summed E-state index contributed by atoms with van der Waals surface area (Å²) < 4.78 is 7.05. The van der Waals surface area contributed by atoms with E-state index in [1.54, 1.807) is 18.5 Å². The summed E-state index contributed by atoms with van der Waals surface area (Å²) >= 11 is 0. The minimum Gasteiger partial charge on any atom is -0.463 e. The molecular formula is C27H24N6O2. The van der Waals surface area contributed by atoms with E-state index in [1.807, 2.05) is 43.3 Å². The van der Waals surface area contributed by atoms with Crippen LogP contribution in [0.5, 0.6) is 0 Å². The van der Waals surface area contributed by atoms with Crippen LogP contribution in [0.2, 0.25) is 0 Å². The molecule has 4 heterocycles. The van der Waals surface area contributed by atoms with Gasteiger partial charge >= 0.3 is 0 Å². The molecular weight excluding hydrogens is 440 g/mol. The maximum absolute atomic E-state index is 13.4. The third kappa shape index (κ3) is 3.87. The van der Waals surface area contributed by atoms with Gasteiger partial charge in [-0.3, -0.25) is 4.79 Å². The molecule has 0 fully saturated rings. The standard InChI is InChI=1S/C27H24N6O2/c1-17-6-3-4-7-22(17)33-26(34)21-15-28-27(30-24(21)25(31-33)23-8-5-13-35-23)29-20-10-9-18-11-12-32(2)16-19(18)14-20/h3-10,13-15H,11-12,16H2,1-2H3,(H,28,29,30). The van der Waals surface area contributed by atoms with Gasteiger partial charge in [-0.15, -0.1) is 0 Å². The number of nitrogens with zero attached hydrogens (tertiary/aromatic N) is 5.